The minimum Gasteiger partial charge on any atom is -0.481 e. The monoisotopic (exact) mass is 372 g/mol. The van der Waals surface area contributed by atoms with Gasteiger partial charge in [-0.25, -0.2) is 9.18 Å². The van der Waals surface area contributed by atoms with E-state index in [1.165, 1.54) is 6.07 Å². The number of aliphatic carboxylic acids is 1. The molecule has 0 radical (unpaired) electrons. The van der Waals surface area contributed by atoms with Gasteiger partial charge in [0.1, 0.15) is 5.82 Å². The van der Waals surface area contributed by atoms with Gasteiger partial charge in [0, 0.05) is 29.0 Å². The van der Waals surface area contributed by atoms with E-state index in [0.29, 0.717) is 18.5 Å². The van der Waals surface area contributed by atoms with Gasteiger partial charge in [0.2, 0.25) is 0 Å². The zero-order valence-electron chi connectivity index (χ0n) is 12.0. The molecule has 0 unspecified atom stereocenters. The molecule has 1 aromatic carbocycles. The fourth-order valence-electron chi connectivity index (χ4n) is 2.14. The van der Waals surface area contributed by atoms with Crippen molar-refractivity contribution in [1.82, 2.24) is 10.2 Å². The lowest BCUT2D eigenvalue weighted by atomic mass is 10.2. The second kappa shape index (κ2) is 7.58. The highest BCUT2D eigenvalue weighted by molar-refractivity contribution is 9.10. The van der Waals surface area contributed by atoms with Crippen LogP contribution in [-0.4, -0.2) is 34.6 Å². The Balaban J connectivity index is 1.93. The molecule has 1 aliphatic rings. The summed E-state index contributed by atoms with van der Waals surface area (Å²) in [5.74, 6) is -1.22. The summed E-state index contributed by atoms with van der Waals surface area (Å²) in [7, 11) is 0. The van der Waals surface area contributed by atoms with E-state index in [9.17, 15) is 14.0 Å². The molecule has 0 aliphatic heterocycles. The van der Waals surface area contributed by atoms with Crippen molar-refractivity contribution in [3.05, 3.63) is 34.1 Å². The number of carbonyl (C=O) groups excluding carboxylic acids is 1. The Labute approximate surface area is 136 Å². The lowest BCUT2D eigenvalue weighted by Gasteiger charge is -2.23. The van der Waals surface area contributed by atoms with Crippen LogP contribution in [0, 0.1) is 5.82 Å². The molecule has 5 nitrogen and oxygen atoms in total. The average molecular weight is 373 g/mol. The predicted octanol–water partition coefficient (Wildman–Crippen LogP) is 3.13. The lowest BCUT2D eigenvalue weighted by molar-refractivity contribution is -0.137. The number of carboxylic acid groups (broad SMARTS) is 1. The van der Waals surface area contributed by atoms with Gasteiger partial charge in [0.15, 0.2) is 0 Å². The number of rotatable bonds is 7. The van der Waals surface area contributed by atoms with Crippen molar-refractivity contribution in [3.63, 3.8) is 0 Å². The number of hydrogen-bond acceptors (Lipinski definition) is 2. The highest BCUT2D eigenvalue weighted by Crippen LogP contribution is 2.29. The van der Waals surface area contributed by atoms with E-state index in [1.54, 1.807) is 17.0 Å². The molecule has 0 bridgehead atoms. The van der Waals surface area contributed by atoms with Gasteiger partial charge in [-0.1, -0.05) is 15.9 Å². The fraction of sp³-hybridized carbons (Fsp3) is 0.467. The maximum absolute atomic E-state index is 13.8. The predicted molar refractivity (Wildman–Crippen MR) is 82.9 cm³/mol. The van der Waals surface area contributed by atoms with Gasteiger partial charge < -0.3 is 15.3 Å². The molecule has 22 heavy (non-hydrogen) atoms. The summed E-state index contributed by atoms with van der Waals surface area (Å²) in [6.45, 7) is 0.510. The Morgan fingerprint density at radius 2 is 2.14 bits per heavy atom. The van der Waals surface area contributed by atoms with Gasteiger partial charge in [-0.3, -0.25) is 4.79 Å². The van der Waals surface area contributed by atoms with E-state index in [2.05, 4.69) is 21.2 Å². The van der Waals surface area contributed by atoms with Crippen LogP contribution >= 0.6 is 15.9 Å². The normalized spacial score (nSPS) is 13.7. The van der Waals surface area contributed by atoms with E-state index in [1.807, 2.05) is 0 Å². The van der Waals surface area contributed by atoms with Crippen LogP contribution in [0.2, 0.25) is 0 Å². The molecule has 7 heteroatoms. The number of benzene rings is 1. The van der Waals surface area contributed by atoms with Gasteiger partial charge in [0.25, 0.3) is 0 Å². The summed E-state index contributed by atoms with van der Waals surface area (Å²) < 4.78 is 14.6. The standard InChI is InChI=1S/C15H18BrFN2O3/c16-11-3-6-13(17)10(8-11)9-19(12-4-5-12)15(22)18-7-1-2-14(20)21/h3,6,8,12H,1-2,4-5,7,9H2,(H,18,22)(H,20,21). The number of hydrogen-bond donors (Lipinski definition) is 2. The van der Waals surface area contributed by atoms with E-state index < -0.39 is 5.97 Å². The van der Waals surface area contributed by atoms with Gasteiger partial charge in [0.05, 0.1) is 6.54 Å². The second-order valence-electron chi connectivity index (χ2n) is 5.32. The minimum absolute atomic E-state index is 0.0178. The molecule has 1 fully saturated rings. The Kier molecular flexibility index (Phi) is 5.76. The van der Waals surface area contributed by atoms with Crippen molar-refractivity contribution in [2.75, 3.05) is 6.54 Å². The average Bonchev–Trinajstić information content (AvgIpc) is 3.28. The van der Waals surface area contributed by atoms with Crippen molar-refractivity contribution >= 4 is 27.9 Å². The van der Waals surface area contributed by atoms with Crippen LogP contribution in [0.3, 0.4) is 0 Å². The van der Waals surface area contributed by atoms with Crippen LogP contribution in [0.5, 0.6) is 0 Å². The molecule has 0 aromatic heterocycles. The Morgan fingerprint density at radius 3 is 2.77 bits per heavy atom. The third-order valence-corrected chi connectivity index (χ3v) is 3.93. The van der Waals surface area contributed by atoms with Crippen molar-refractivity contribution in [3.8, 4) is 0 Å². The Bertz CT molecular complexity index is 564. The summed E-state index contributed by atoms with van der Waals surface area (Å²) in [4.78, 5) is 24.3. The molecular formula is C15H18BrFN2O3. The van der Waals surface area contributed by atoms with E-state index in [-0.39, 0.29) is 30.9 Å². The topological polar surface area (TPSA) is 69.6 Å². The van der Waals surface area contributed by atoms with Gasteiger partial charge in [-0.15, -0.1) is 0 Å². The fourth-order valence-corrected chi connectivity index (χ4v) is 2.55. The molecule has 1 saturated carbocycles. The van der Waals surface area contributed by atoms with Crippen molar-refractivity contribution in [2.24, 2.45) is 0 Å². The lowest BCUT2D eigenvalue weighted by Crippen LogP contribution is -2.41. The number of nitrogens with one attached hydrogen (secondary N) is 1. The molecular weight excluding hydrogens is 355 g/mol. The third kappa shape index (κ3) is 4.98. The highest BCUT2D eigenvalue weighted by atomic mass is 79.9. The van der Waals surface area contributed by atoms with E-state index >= 15 is 0 Å². The molecule has 2 amide bonds. The summed E-state index contributed by atoms with van der Waals surface area (Å²) in [6, 6.07) is 4.52. The van der Waals surface area contributed by atoms with Crippen molar-refractivity contribution < 1.29 is 19.1 Å². The number of halogens is 2. The van der Waals surface area contributed by atoms with E-state index in [4.69, 9.17) is 5.11 Å². The third-order valence-electron chi connectivity index (χ3n) is 3.44. The summed E-state index contributed by atoms with van der Waals surface area (Å²) >= 11 is 3.30. The first-order valence-corrected chi connectivity index (χ1v) is 7.97. The summed E-state index contributed by atoms with van der Waals surface area (Å²) in [5.41, 5.74) is 0.460. The first-order valence-electron chi connectivity index (χ1n) is 7.17. The second-order valence-corrected chi connectivity index (χ2v) is 6.24. The molecule has 2 N–H and O–H groups in total. The summed E-state index contributed by atoms with van der Waals surface area (Å²) in [5, 5.41) is 11.3. The van der Waals surface area contributed by atoms with E-state index in [0.717, 1.165) is 17.3 Å². The molecule has 0 saturated heterocycles. The molecule has 2 rings (SSSR count). The number of amides is 2. The van der Waals surface area contributed by atoms with Gasteiger partial charge in [-0.2, -0.15) is 0 Å². The van der Waals surface area contributed by atoms with Crippen LogP contribution in [0.1, 0.15) is 31.2 Å². The molecule has 0 spiro atoms. The van der Waals surface area contributed by atoms with Gasteiger partial charge >= 0.3 is 12.0 Å². The van der Waals surface area contributed by atoms with Crippen LogP contribution in [0.4, 0.5) is 9.18 Å². The van der Waals surface area contributed by atoms with Crippen molar-refractivity contribution in [2.45, 2.75) is 38.3 Å². The zero-order valence-corrected chi connectivity index (χ0v) is 13.6. The SMILES string of the molecule is O=C(O)CCCNC(=O)N(Cc1cc(Br)ccc1F)C1CC1. The quantitative estimate of drug-likeness (QED) is 0.722. The van der Waals surface area contributed by atoms with Crippen LogP contribution in [0.25, 0.3) is 0 Å². The number of carboxylic acids is 1. The first kappa shape index (κ1) is 16.7. The maximum Gasteiger partial charge on any atom is 0.317 e. The summed E-state index contributed by atoms with van der Waals surface area (Å²) in [6.07, 6.45) is 2.23. The maximum atomic E-state index is 13.8. The molecule has 120 valence electrons. The molecule has 0 atom stereocenters. The Morgan fingerprint density at radius 1 is 1.41 bits per heavy atom. The number of carbonyl (C=O) groups is 2. The smallest absolute Gasteiger partial charge is 0.317 e. The minimum atomic E-state index is -0.885. The van der Waals surface area contributed by atoms with Crippen LogP contribution in [0.15, 0.2) is 22.7 Å². The highest BCUT2D eigenvalue weighted by Gasteiger charge is 2.33. The molecule has 1 aliphatic carbocycles. The number of urea groups is 1. The Hall–Kier alpha value is -1.63. The van der Waals surface area contributed by atoms with Crippen LogP contribution in [-0.2, 0) is 11.3 Å². The van der Waals surface area contributed by atoms with Crippen LogP contribution < -0.4 is 5.32 Å². The zero-order chi connectivity index (χ0) is 16.1. The molecule has 1 aromatic rings. The largest absolute Gasteiger partial charge is 0.481 e. The first-order chi connectivity index (χ1) is 10.5. The molecule has 0 heterocycles. The van der Waals surface area contributed by atoms with Crippen molar-refractivity contribution in [1.29, 1.82) is 0 Å². The number of nitrogens with zero attached hydrogens (tertiary/aromatic N) is 1. The van der Waals surface area contributed by atoms with Gasteiger partial charge in [-0.05, 0) is 37.5 Å².